The van der Waals surface area contributed by atoms with Crippen molar-refractivity contribution < 1.29 is 9.15 Å². The molecule has 0 radical (unpaired) electrons. The van der Waals surface area contributed by atoms with Gasteiger partial charge in [0.1, 0.15) is 22.7 Å². The number of benzene rings is 9. The third kappa shape index (κ3) is 4.19. The maximum absolute atomic E-state index is 6.72. The predicted molar refractivity (Wildman–Crippen MR) is 225 cm³/mol. The molecule has 0 saturated heterocycles. The van der Waals surface area contributed by atoms with E-state index in [1.165, 1.54) is 55.5 Å². The van der Waals surface area contributed by atoms with Crippen LogP contribution in [0, 0.1) is 0 Å². The van der Waals surface area contributed by atoms with Crippen LogP contribution >= 0.6 is 0 Å². The summed E-state index contributed by atoms with van der Waals surface area (Å²) in [5, 5.41) is 4.57. The van der Waals surface area contributed by atoms with Crippen molar-refractivity contribution >= 4 is 32.7 Å². The molecule has 10 aromatic rings. The van der Waals surface area contributed by atoms with Crippen LogP contribution in [0.5, 0.6) is 11.5 Å². The van der Waals surface area contributed by atoms with Gasteiger partial charge in [0.15, 0.2) is 0 Å². The Kier molecular flexibility index (Phi) is 6.29. The molecular weight excluding hydrogens is 669 g/mol. The lowest BCUT2D eigenvalue weighted by atomic mass is 9.67. The molecule has 2 aliphatic rings. The van der Waals surface area contributed by atoms with Gasteiger partial charge in [-0.15, -0.1) is 0 Å². The lowest BCUT2D eigenvalue weighted by Gasteiger charge is -2.34. The van der Waals surface area contributed by atoms with E-state index in [-0.39, 0.29) is 0 Å². The van der Waals surface area contributed by atoms with E-state index >= 15 is 0 Å². The molecule has 0 unspecified atom stereocenters. The topological polar surface area (TPSA) is 22.4 Å². The van der Waals surface area contributed by atoms with Crippen LogP contribution < -0.4 is 4.74 Å². The van der Waals surface area contributed by atoms with Gasteiger partial charge in [-0.25, -0.2) is 0 Å². The summed E-state index contributed by atoms with van der Waals surface area (Å²) in [4.78, 5) is 0. The maximum atomic E-state index is 6.72. The zero-order valence-electron chi connectivity index (χ0n) is 29.8. The summed E-state index contributed by atoms with van der Waals surface area (Å²) in [7, 11) is 0. The molecular formula is C53H32O2. The highest BCUT2D eigenvalue weighted by atomic mass is 16.5. The Balaban J connectivity index is 1.06. The van der Waals surface area contributed by atoms with E-state index in [2.05, 4.69) is 182 Å². The van der Waals surface area contributed by atoms with Crippen LogP contribution in [0.4, 0.5) is 0 Å². The Morgan fingerprint density at radius 1 is 0.327 bits per heavy atom. The summed E-state index contributed by atoms with van der Waals surface area (Å²) in [5.41, 5.74) is 16.0. The summed E-state index contributed by atoms with van der Waals surface area (Å²) in [6, 6.07) is 70.3. The van der Waals surface area contributed by atoms with Gasteiger partial charge in [0.25, 0.3) is 0 Å². The zero-order chi connectivity index (χ0) is 36.1. The normalized spacial score (nSPS) is 13.4. The molecule has 2 heteroatoms. The van der Waals surface area contributed by atoms with E-state index in [4.69, 9.17) is 9.15 Å². The Labute approximate surface area is 318 Å². The summed E-state index contributed by atoms with van der Waals surface area (Å²) in [5.74, 6) is 1.75. The molecule has 0 N–H and O–H groups in total. The highest BCUT2D eigenvalue weighted by Crippen LogP contribution is 2.57. The minimum absolute atomic E-state index is 0.460. The highest BCUT2D eigenvalue weighted by Gasteiger charge is 2.46. The average molecular weight is 701 g/mol. The monoisotopic (exact) mass is 700 g/mol. The van der Waals surface area contributed by atoms with Crippen LogP contribution in [0.25, 0.3) is 77.2 Å². The number of para-hydroxylation sites is 1. The first-order chi connectivity index (χ1) is 27.3. The highest BCUT2D eigenvalue weighted by molar-refractivity contribution is 6.14. The first kappa shape index (κ1) is 30.3. The molecule has 0 spiro atoms. The summed E-state index contributed by atoms with van der Waals surface area (Å²) in [6.07, 6.45) is 0. The van der Waals surface area contributed by atoms with Gasteiger partial charge < -0.3 is 9.15 Å². The van der Waals surface area contributed by atoms with Crippen LogP contribution in [-0.4, -0.2) is 0 Å². The second kappa shape index (κ2) is 11.4. The van der Waals surface area contributed by atoms with Crippen molar-refractivity contribution in [1.29, 1.82) is 0 Å². The first-order valence-corrected chi connectivity index (χ1v) is 18.9. The van der Waals surface area contributed by atoms with E-state index in [1.807, 2.05) is 12.1 Å². The number of rotatable bonds is 4. The van der Waals surface area contributed by atoms with Crippen molar-refractivity contribution in [3.05, 3.63) is 216 Å². The van der Waals surface area contributed by atoms with Crippen molar-refractivity contribution in [3.8, 4) is 56.0 Å². The maximum Gasteiger partial charge on any atom is 0.136 e. The Morgan fingerprint density at radius 3 is 1.78 bits per heavy atom. The molecule has 2 nitrogen and oxygen atoms in total. The fourth-order valence-corrected chi connectivity index (χ4v) is 9.68. The lowest BCUT2D eigenvalue weighted by Crippen LogP contribution is -2.28. The molecule has 0 fully saturated rings. The second-order valence-electron chi connectivity index (χ2n) is 14.7. The Morgan fingerprint density at radius 2 is 0.927 bits per heavy atom. The van der Waals surface area contributed by atoms with Crippen LogP contribution in [0.3, 0.4) is 0 Å². The molecule has 256 valence electrons. The van der Waals surface area contributed by atoms with Crippen molar-refractivity contribution in [3.63, 3.8) is 0 Å². The van der Waals surface area contributed by atoms with E-state index in [1.54, 1.807) is 0 Å². The smallest absolute Gasteiger partial charge is 0.136 e. The fraction of sp³-hybridized carbons (Fsp3) is 0.0189. The van der Waals surface area contributed by atoms with E-state index in [0.29, 0.717) is 0 Å². The molecule has 0 amide bonds. The third-order valence-corrected chi connectivity index (χ3v) is 12.0. The molecule has 0 saturated carbocycles. The molecule has 1 aliphatic heterocycles. The standard InChI is InChI=1S/C53H32O2/c1-3-13-35(14-4-1)53(36-15-5-2-6-16-36)45-22-9-7-17-39(45)40-27-25-34(32-46(40)53)37-28-30-50-52-41(37)20-11-21-42(52)44-31-33(26-29-48(44)55-50)38-19-12-24-49-51(38)43-18-8-10-23-47(43)54-49/h1-32H. The Bertz CT molecular complexity index is 3130. The van der Waals surface area contributed by atoms with Crippen molar-refractivity contribution in [1.82, 2.24) is 0 Å². The molecule has 0 atom stereocenters. The number of hydrogen-bond acceptors (Lipinski definition) is 2. The number of hydrogen-bond donors (Lipinski definition) is 0. The van der Waals surface area contributed by atoms with Gasteiger partial charge in [-0.05, 0) is 103 Å². The van der Waals surface area contributed by atoms with Gasteiger partial charge in [0, 0.05) is 21.7 Å². The van der Waals surface area contributed by atoms with Crippen LogP contribution in [0.2, 0.25) is 0 Å². The van der Waals surface area contributed by atoms with Crippen molar-refractivity contribution in [2.75, 3.05) is 0 Å². The minimum Gasteiger partial charge on any atom is -0.456 e. The first-order valence-electron chi connectivity index (χ1n) is 18.9. The van der Waals surface area contributed by atoms with Crippen molar-refractivity contribution in [2.45, 2.75) is 5.41 Å². The molecule has 1 aliphatic carbocycles. The van der Waals surface area contributed by atoms with Gasteiger partial charge >= 0.3 is 0 Å². The third-order valence-electron chi connectivity index (χ3n) is 12.0. The zero-order valence-corrected chi connectivity index (χ0v) is 29.8. The number of furan rings is 1. The SMILES string of the molecule is c1ccc(C2(c3ccccc3)c3ccccc3-c3ccc(-c4ccc5c6c(cccc46)-c4cc(-c6cccc7oc8ccccc8c67)ccc4O5)cc32)cc1. The molecule has 9 aromatic carbocycles. The van der Waals surface area contributed by atoms with Gasteiger partial charge in [-0.1, -0.05) is 158 Å². The number of ether oxygens (including phenoxy) is 1. The van der Waals surface area contributed by atoms with E-state index in [9.17, 15) is 0 Å². The van der Waals surface area contributed by atoms with Gasteiger partial charge in [-0.3, -0.25) is 0 Å². The van der Waals surface area contributed by atoms with Gasteiger partial charge in [0.2, 0.25) is 0 Å². The largest absolute Gasteiger partial charge is 0.456 e. The van der Waals surface area contributed by atoms with E-state index in [0.717, 1.165) is 55.5 Å². The van der Waals surface area contributed by atoms with Gasteiger partial charge in [0.05, 0.1) is 5.41 Å². The van der Waals surface area contributed by atoms with Crippen molar-refractivity contribution in [2.24, 2.45) is 0 Å². The lowest BCUT2D eigenvalue weighted by molar-refractivity contribution is 0.487. The molecule has 0 bridgehead atoms. The predicted octanol–water partition coefficient (Wildman–Crippen LogP) is 14.2. The fourth-order valence-electron chi connectivity index (χ4n) is 9.68. The molecule has 12 rings (SSSR count). The van der Waals surface area contributed by atoms with Crippen LogP contribution in [-0.2, 0) is 5.41 Å². The van der Waals surface area contributed by atoms with Crippen LogP contribution in [0.1, 0.15) is 22.3 Å². The molecule has 55 heavy (non-hydrogen) atoms. The Hall–Kier alpha value is -7.16. The second-order valence-corrected chi connectivity index (χ2v) is 14.7. The molecule has 2 heterocycles. The summed E-state index contributed by atoms with van der Waals surface area (Å²) >= 11 is 0. The molecule has 1 aromatic heterocycles. The van der Waals surface area contributed by atoms with E-state index < -0.39 is 5.41 Å². The summed E-state index contributed by atoms with van der Waals surface area (Å²) < 4.78 is 13.0. The van der Waals surface area contributed by atoms with Gasteiger partial charge in [-0.2, -0.15) is 0 Å². The quantitative estimate of drug-likeness (QED) is 0.182. The average Bonchev–Trinajstić information content (AvgIpc) is 3.78. The summed E-state index contributed by atoms with van der Waals surface area (Å²) in [6.45, 7) is 0. The minimum atomic E-state index is -0.460. The van der Waals surface area contributed by atoms with Crippen LogP contribution in [0.15, 0.2) is 199 Å². The number of fused-ring (bicyclic) bond motifs is 8.